The maximum Gasteiger partial charge on any atom is 0.369 e. The standard InChI is InChI=1S/C9H8Br2N4O/c10-6-8(11)15-9(16)14(12-13-15)7-4-2-1-3-5-7/h1-5,8H,6H2. The summed E-state index contributed by atoms with van der Waals surface area (Å²) in [6.07, 6.45) is 0. The number of alkyl halides is 2. The van der Waals surface area contributed by atoms with Crippen LogP contribution in [0.25, 0.3) is 5.69 Å². The molecule has 2 aromatic rings. The SMILES string of the molecule is O=c1n(-c2ccccc2)nnn1C(Br)CBr. The second kappa shape index (κ2) is 4.92. The summed E-state index contributed by atoms with van der Waals surface area (Å²) >= 11 is 6.59. The average Bonchev–Trinajstić information content (AvgIpc) is 2.71. The molecule has 1 aromatic heterocycles. The van der Waals surface area contributed by atoms with Gasteiger partial charge in [0.15, 0.2) is 0 Å². The van der Waals surface area contributed by atoms with E-state index in [1.54, 1.807) is 12.1 Å². The fraction of sp³-hybridized carbons (Fsp3) is 0.222. The predicted octanol–water partition coefficient (Wildman–Crippen LogP) is 1.72. The third-order valence-electron chi connectivity index (χ3n) is 2.00. The van der Waals surface area contributed by atoms with Crippen LogP contribution >= 0.6 is 31.9 Å². The third-order valence-corrected chi connectivity index (χ3v) is 4.19. The summed E-state index contributed by atoms with van der Waals surface area (Å²) in [5.74, 6) is 0. The van der Waals surface area contributed by atoms with Gasteiger partial charge in [0.2, 0.25) is 0 Å². The Morgan fingerprint density at radius 2 is 1.94 bits per heavy atom. The summed E-state index contributed by atoms with van der Waals surface area (Å²) in [7, 11) is 0. The van der Waals surface area contributed by atoms with Gasteiger partial charge in [0.05, 0.1) is 5.69 Å². The van der Waals surface area contributed by atoms with Gasteiger partial charge in [-0.3, -0.25) is 0 Å². The maximum absolute atomic E-state index is 11.9. The lowest BCUT2D eigenvalue weighted by Gasteiger charge is -2.01. The molecule has 1 unspecified atom stereocenters. The van der Waals surface area contributed by atoms with Gasteiger partial charge in [0.25, 0.3) is 0 Å². The summed E-state index contributed by atoms with van der Waals surface area (Å²) in [6.45, 7) is 0. The van der Waals surface area contributed by atoms with Gasteiger partial charge < -0.3 is 0 Å². The Bertz CT molecular complexity index is 522. The van der Waals surface area contributed by atoms with Crippen LogP contribution in [0, 0.1) is 0 Å². The van der Waals surface area contributed by atoms with Crippen LogP contribution in [0.4, 0.5) is 0 Å². The molecule has 1 heterocycles. The minimum absolute atomic E-state index is 0.197. The number of halogens is 2. The second-order valence-electron chi connectivity index (χ2n) is 3.04. The lowest BCUT2D eigenvalue weighted by molar-refractivity contribution is 0.611. The number of rotatable bonds is 3. The van der Waals surface area contributed by atoms with E-state index < -0.39 is 0 Å². The van der Waals surface area contributed by atoms with Crippen molar-refractivity contribution in [3.05, 3.63) is 40.8 Å². The Labute approximate surface area is 108 Å². The molecular weight excluding hydrogens is 340 g/mol. The molecule has 0 bridgehead atoms. The fourth-order valence-corrected chi connectivity index (χ4v) is 1.76. The molecule has 0 aliphatic heterocycles. The van der Waals surface area contributed by atoms with Crippen molar-refractivity contribution in [1.82, 2.24) is 19.8 Å². The van der Waals surface area contributed by atoms with Crippen molar-refractivity contribution in [2.24, 2.45) is 0 Å². The lowest BCUT2D eigenvalue weighted by Crippen LogP contribution is -2.26. The molecule has 1 aromatic carbocycles. The molecule has 0 spiro atoms. The minimum atomic E-state index is -0.271. The fourth-order valence-electron chi connectivity index (χ4n) is 1.23. The van der Waals surface area contributed by atoms with Gasteiger partial charge in [-0.15, -0.1) is 0 Å². The molecule has 0 saturated carbocycles. The van der Waals surface area contributed by atoms with Gasteiger partial charge in [-0.1, -0.05) is 50.1 Å². The zero-order valence-electron chi connectivity index (χ0n) is 8.12. The molecule has 1 atom stereocenters. The zero-order valence-corrected chi connectivity index (χ0v) is 11.3. The molecule has 5 nitrogen and oxygen atoms in total. The first-order valence-electron chi connectivity index (χ1n) is 4.54. The molecule has 0 aliphatic rings. The highest BCUT2D eigenvalue weighted by Crippen LogP contribution is 2.13. The van der Waals surface area contributed by atoms with E-state index in [9.17, 15) is 4.79 Å². The van der Waals surface area contributed by atoms with Crippen molar-refractivity contribution in [3.63, 3.8) is 0 Å². The van der Waals surface area contributed by atoms with Gasteiger partial charge in [-0.25, -0.2) is 4.79 Å². The van der Waals surface area contributed by atoms with Crippen LogP contribution in [0.2, 0.25) is 0 Å². The molecule has 7 heteroatoms. The number of benzene rings is 1. The van der Waals surface area contributed by atoms with E-state index in [4.69, 9.17) is 0 Å². The summed E-state index contributed by atoms with van der Waals surface area (Å²) in [5.41, 5.74) is 0.431. The topological polar surface area (TPSA) is 52.7 Å². The normalized spacial score (nSPS) is 12.6. The number of tetrazole rings is 1. The molecular formula is C9H8Br2N4O. The van der Waals surface area contributed by atoms with E-state index in [0.717, 1.165) is 0 Å². The van der Waals surface area contributed by atoms with E-state index in [0.29, 0.717) is 11.0 Å². The Kier molecular flexibility index (Phi) is 3.55. The second-order valence-corrected chi connectivity index (χ2v) is 4.75. The van der Waals surface area contributed by atoms with Crippen LogP contribution in [0.15, 0.2) is 35.1 Å². The first-order valence-corrected chi connectivity index (χ1v) is 6.57. The first kappa shape index (κ1) is 11.5. The summed E-state index contributed by atoms with van der Waals surface area (Å²) < 4.78 is 2.54. The number of aromatic nitrogens is 4. The summed E-state index contributed by atoms with van der Waals surface area (Å²) in [5, 5.41) is 8.21. The van der Waals surface area contributed by atoms with Crippen LogP contribution in [-0.2, 0) is 0 Å². The van der Waals surface area contributed by atoms with Crippen molar-refractivity contribution in [2.45, 2.75) is 4.95 Å². The Morgan fingerprint density at radius 1 is 1.25 bits per heavy atom. The Balaban J connectivity index is 2.46. The average molecular weight is 348 g/mol. The highest BCUT2D eigenvalue weighted by Gasteiger charge is 2.13. The van der Waals surface area contributed by atoms with E-state index in [2.05, 4.69) is 42.3 Å². The lowest BCUT2D eigenvalue weighted by atomic mass is 10.3. The molecule has 16 heavy (non-hydrogen) atoms. The molecule has 0 radical (unpaired) electrons. The zero-order chi connectivity index (χ0) is 11.5. The van der Waals surface area contributed by atoms with Gasteiger partial charge >= 0.3 is 5.69 Å². The van der Waals surface area contributed by atoms with Crippen molar-refractivity contribution in [3.8, 4) is 5.69 Å². The van der Waals surface area contributed by atoms with Crippen molar-refractivity contribution in [1.29, 1.82) is 0 Å². The van der Waals surface area contributed by atoms with Crippen LogP contribution in [-0.4, -0.2) is 25.1 Å². The molecule has 0 saturated heterocycles. The Hall–Kier alpha value is -0.950. The molecule has 0 aliphatic carbocycles. The van der Waals surface area contributed by atoms with Crippen LogP contribution in [0.1, 0.15) is 4.95 Å². The molecule has 2 rings (SSSR count). The Morgan fingerprint density at radius 3 is 2.56 bits per heavy atom. The highest BCUT2D eigenvalue weighted by atomic mass is 79.9. The monoisotopic (exact) mass is 346 g/mol. The minimum Gasteiger partial charge on any atom is -0.244 e. The van der Waals surface area contributed by atoms with Crippen molar-refractivity contribution in [2.75, 3.05) is 5.33 Å². The number of nitrogens with zero attached hydrogens (tertiary/aromatic N) is 4. The van der Waals surface area contributed by atoms with E-state index in [-0.39, 0.29) is 10.6 Å². The molecule has 0 amide bonds. The van der Waals surface area contributed by atoms with Gasteiger partial charge in [-0.2, -0.15) is 9.36 Å². The van der Waals surface area contributed by atoms with E-state index >= 15 is 0 Å². The first-order chi connectivity index (χ1) is 7.74. The smallest absolute Gasteiger partial charge is 0.244 e. The summed E-state index contributed by atoms with van der Waals surface area (Å²) in [4.78, 5) is 11.7. The van der Waals surface area contributed by atoms with Crippen LogP contribution in [0.5, 0.6) is 0 Å². The largest absolute Gasteiger partial charge is 0.369 e. The van der Waals surface area contributed by atoms with Crippen LogP contribution < -0.4 is 5.69 Å². The quantitative estimate of drug-likeness (QED) is 0.794. The van der Waals surface area contributed by atoms with Gasteiger partial charge in [-0.05, 0) is 22.6 Å². The molecule has 84 valence electrons. The van der Waals surface area contributed by atoms with Crippen molar-refractivity contribution < 1.29 is 0 Å². The van der Waals surface area contributed by atoms with E-state index in [1.165, 1.54) is 9.36 Å². The molecule has 0 fully saturated rings. The highest BCUT2D eigenvalue weighted by molar-refractivity contribution is 9.11. The number of para-hydroxylation sites is 1. The van der Waals surface area contributed by atoms with Gasteiger partial charge in [0.1, 0.15) is 4.95 Å². The third kappa shape index (κ3) is 2.10. The molecule has 0 N–H and O–H groups in total. The number of hydrogen-bond acceptors (Lipinski definition) is 3. The maximum atomic E-state index is 11.9. The van der Waals surface area contributed by atoms with Gasteiger partial charge in [0, 0.05) is 5.33 Å². The van der Waals surface area contributed by atoms with Crippen molar-refractivity contribution >= 4 is 31.9 Å². The van der Waals surface area contributed by atoms with Crippen LogP contribution in [0.3, 0.4) is 0 Å². The predicted molar refractivity (Wildman–Crippen MR) is 67.4 cm³/mol. The van der Waals surface area contributed by atoms with E-state index in [1.807, 2.05) is 18.2 Å². The summed E-state index contributed by atoms with van der Waals surface area (Å²) in [6, 6.07) is 9.17. The number of hydrogen-bond donors (Lipinski definition) is 0.